The molecule has 1 amide bonds. The van der Waals surface area contributed by atoms with Crippen LogP contribution in [0.4, 0.5) is 0 Å². The third-order valence-corrected chi connectivity index (χ3v) is 2.53. The van der Waals surface area contributed by atoms with Gasteiger partial charge in [0.2, 0.25) is 5.91 Å². The van der Waals surface area contributed by atoms with Gasteiger partial charge in [0.25, 0.3) is 0 Å². The Morgan fingerprint density at radius 3 is 1.93 bits per heavy atom. The zero-order valence-electron chi connectivity index (χ0n) is 9.80. The summed E-state index contributed by atoms with van der Waals surface area (Å²) < 4.78 is 0. The maximum Gasteiger partial charge on any atom is 0.329 e. The van der Waals surface area contributed by atoms with Crippen LogP contribution in [0.1, 0.15) is 52.9 Å². The fourth-order valence-corrected chi connectivity index (χ4v) is 1.88. The van der Waals surface area contributed by atoms with Crippen molar-refractivity contribution in [2.75, 3.05) is 0 Å². The first-order valence-corrected chi connectivity index (χ1v) is 5.59. The van der Waals surface area contributed by atoms with Gasteiger partial charge in [-0.15, -0.1) is 0 Å². The van der Waals surface area contributed by atoms with Crippen molar-refractivity contribution in [3.63, 3.8) is 0 Å². The second-order valence-electron chi connectivity index (χ2n) is 3.63. The Morgan fingerprint density at radius 1 is 1.13 bits per heavy atom. The molecule has 0 aromatic heterocycles. The lowest BCUT2D eigenvalue weighted by Gasteiger charge is -2.33. The van der Waals surface area contributed by atoms with Gasteiger partial charge >= 0.3 is 5.97 Å². The first kappa shape index (κ1) is 13.9. The highest BCUT2D eigenvalue weighted by Gasteiger charge is 2.40. The van der Waals surface area contributed by atoms with Crippen LogP contribution in [0.3, 0.4) is 0 Å². The lowest BCUT2D eigenvalue weighted by molar-refractivity contribution is -0.149. The van der Waals surface area contributed by atoms with Gasteiger partial charge in [0.15, 0.2) is 0 Å². The summed E-state index contributed by atoms with van der Waals surface area (Å²) >= 11 is 0. The summed E-state index contributed by atoms with van der Waals surface area (Å²) in [5.41, 5.74) is -0.982. The van der Waals surface area contributed by atoms with Gasteiger partial charge in [-0.3, -0.25) is 4.79 Å². The average molecular weight is 215 g/mol. The van der Waals surface area contributed by atoms with E-state index in [1.54, 1.807) is 0 Å². The molecular formula is C11H21NO3. The molecule has 1 rings (SSSR count). The van der Waals surface area contributed by atoms with Gasteiger partial charge in [-0.05, 0) is 12.8 Å². The number of amides is 1. The number of rotatable bonds is 2. The molecule has 0 bridgehead atoms. The van der Waals surface area contributed by atoms with Crippen LogP contribution in [0.5, 0.6) is 0 Å². The number of aliphatic carboxylic acids is 1. The Kier molecular flexibility index (Phi) is 5.97. The molecule has 1 fully saturated rings. The largest absolute Gasteiger partial charge is 0.480 e. The molecule has 0 aromatic rings. The maximum absolute atomic E-state index is 11.0. The molecule has 0 aromatic carbocycles. The van der Waals surface area contributed by atoms with Gasteiger partial charge in [0.05, 0.1) is 0 Å². The van der Waals surface area contributed by atoms with Crippen LogP contribution in [0, 0.1) is 0 Å². The predicted molar refractivity (Wildman–Crippen MR) is 58.6 cm³/mol. The molecule has 4 heteroatoms. The fraction of sp³-hybridized carbons (Fsp3) is 0.818. The SMILES string of the molecule is CC.CC(=O)NC1(C(=O)O)CCCCC1. The standard InChI is InChI=1S/C9H15NO3.C2H6/c1-7(11)10-9(8(12)13)5-3-2-4-6-9;1-2/h2-6H2,1H3,(H,10,11)(H,12,13);1-2H3. The van der Waals surface area contributed by atoms with E-state index in [4.69, 9.17) is 5.11 Å². The Balaban J connectivity index is 0.000000921. The third kappa shape index (κ3) is 3.90. The van der Waals surface area contributed by atoms with Crippen molar-refractivity contribution in [1.29, 1.82) is 0 Å². The monoisotopic (exact) mass is 215 g/mol. The molecule has 1 saturated carbocycles. The Labute approximate surface area is 91.1 Å². The van der Waals surface area contributed by atoms with E-state index in [0.717, 1.165) is 19.3 Å². The zero-order valence-corrected chi connectivity index (χ0v) is 9.80. The van der Waals surface area contributed by atoms with Crippen LogP contribution in [-0.2, 0) is 9.59 Å². The quantitative estimate of drug-likeness (QED) is 0.739. The summed E-state index contributed by atoms with van der Waals surface area (Å²) in [7, 11) is 0. The second kappa shape index (κ2) is 6.43. The van der Waals surface area contributed by atoms with E-state index in [0.29, 0.717) is 12.8 Å². The van der Waals surface area contributed by atoms with Crippen LogP contribution in [-0.4, -0.2) is 22.5 Å². The topological polar surface area (TPSA) is 66.4 Å². The molecule has 0 spiro atoms. The molecule has 0 unspecified atom stereocenters. The lowest BCUT2D eigenvalue weighted by Crippen LogP contribution is -2.54. The van der Waals surface area contributed by atoms with Crippen molar-refractivity contribution >= 4 is 11.9 Å². The summed E-state index contributed by atoms with van der Waals surface area (Å²) in [5.74, 6) is -1.16. The van der Waals surface area contributed by atoms with E-state index in [1.807, 2.05) is 13.8 Å². The first-order chi connectivity index (χ1) is 7.07. The minimum Gasteiger partial charge on any atom is -0.480 e. The molecule has 0 atom stereocenters. The summed E-state index contributed by atoms with van der Waals surface area (Å²) in [5, 5.41) is 11.6. The molecule has 1 aliphatic rings. The normalized spacial score (nSPS) is 18.3. The van der Waals surface area contributed by atoms with Crippen molar-refractivity contribution in [2.24, 2.45) is 0 Å². The molecule has 0 heterocycles. The number of hydrogen-bond acceptors (Lipinski definition) is 2. The first-order valence-electron chi connectivity index (χ1n) is 5.59. The average Bonchev–Trinajstić information content (AvgIpc) is 2.21. The van der Waals surface area contributed by atoms with Crippen LogP contribution in [0.15, 0.2) is 0 Å². The van der Waals surface area contributed by atoms with Gasteiger partial charge in [0, 0.05) is 6.92 Å². The van der Waals surface area contributed by atoms with Gasteiger partial charge in [0.1, 0.15) is 5.54 Å². The number of hydrogen-bond donors (Lipinski definition) is 2. The van der Waals surface area contributed by atoms with E-state index >= 15 is 0 Å². The van der Waals surface area contributed by atoms with Crippen LogP contribution in [0.2, 0.25) is 0 Å². The van der Waals surface area contributed by atoms with Crippen molar-refractivity contribution in [1.82, 2.24) is 5.32 Å². The highest BCUT2D eigenvalue weighted by molar-refractivity contribution is 5.86. The molecule has 0 aliphatic heterocycles. The number of carbonyl (C=O) groups excluding carboxylic acids is 1. The van der Waals surface area contributed by atoms with Crippen molar-refractivity contribution < 1.29 is 14.7 Å². The summed E-state index contributed by atoms with van der Waals surface area (Å²) in [6, 6.07) is 0. The Morgan fingerprint density at radius 2 is 1.60 bits per heavy atom. The van der Waals surface area contributed by atoms with E-state index < -0.39 is 11.5 Å². The van der Waals surface area contributed by atoms with Crippen LogP contribution < -0.4 is 5.32 Å². The van der Waals surface area contributed by atoms with E-state index in [-0.39, 0.29) is 5.91 Å². The van der Waals surface area contributed by atoms with Crippen molar-refractivity contribution in [3.05, 3.63) is 0 Å². The summed E-state index contributed by atoms with van der Waals surface area (Å²) in [4.78, 5) is 21.8. The van der Waals surface area contributed by atoms with E-state index in [9.17, 15) is 9.59 Å². The number of carboxylic acids is 1. The molecule has 0 saturated heterocycles. The van der Waals surface area contributed by atoms with Gasteiger partial charge in [-0.25, -0.2) is 4.79 Å². The van der Waals surface area contributed by atoms with Crippen molar-refractivity contribution in [2.45, 2.75) is 58.4 Å². The minimum absolute atomic E-state index is 0.260. The predicted octanol–water partition coefficient (Wildman–Crippen LogP) is 1.94. The molecule has 2 N–H and O–H groups in total. The van der Waals surface area contributed by atoms with Gasteiger partial charge in [-0.2, -0.15) is 0 Å². The molecule has 0 radical (unpaired) electrons. The summed E-state index contributed by atoms with van der Waals surface area (Å²) in [6.45, 7) is 5.36. The number of carbonyl (C=O) groups is 2. The van der Waals surface area contributed by atoms with E-state index in [1.165, 1.54) is 6.92 Å². The Hall–Kier alpha value is -1.06. The van der Waals surface area contributed by atoms with Gasteiger partial charge < -0.3 is 10.4 Å². The number of carboxylic acid groups (broad SMARTS) is 1. The highest BCUT2D eigenvalue weighted by Crippen LogP contribution is 2.28. The van der Waals surface area contributed by atoms with E-state index in [2.05, 4.69) is 5.32 Å². The van der Waals surface area contributed by atoms with Crippen LogP contribution in [0.25, 0.3) is 0 Å². The second-order valence-corrected chi connectivity index (χ2v) is 3.63. The molecule has 15 heavy (non-hydrogen) atoms. The molecule has 1 aliphatic carbocycles. The molecular weight excluding hydrogens is 194 g/mol. The number of nitrogens with one attached hydrogen (secondary N) is 1. The zero-order chi connectivity index (χ0) is 11.9. The summed E-state index contributed by atoms with van der Waals surface area (Å²) in [6.07, 6.45) is 3.94. The highest BCUT2D eigenvalue weighted by atomic mass is 16.4. The maximum atomic E-state index is 11.0. The minimum atomic E-state index is -0.982. The Bertz CT molecular complexity index is 220. The lowest BCUT2D eigenvalue weighted by atomic mass is 9.81. The van der Waals surface area contributed by atoms with Crippen molar-refractivity contribution in [3.8, 4) is 0 Å². The van der Waals surface area contributed by atoms with Gasteiger partial charge in [-0.1, -0.05) is 33.1 Å². The smallest absolute Gasteiger partial charge is 0.329 e. The molecule has 4 nitrogen and oxygen atoms in total. The van der Waals surface area contributed by atoms with Crippen LogP contribution >= 0.6 is 0 Å². The molecule has 88 valence electrons. The fourth-order valence-electron chi connectivity index (χ4n) is 1.88. The third-order valence-electron chi connectivity index (χ3n) is 2.53.